The molecule has 0 atom stereocenters. The maximum absolute atomic E-state index is 12.1. The average molecular weight is 387 g/mol. The van der Waals surface area contributed by atoms with Crippen LogP contribution in [0.15, 0.2) is 90.0 Å². The molecule has 3 rings (SSSR count). The van der Waals surface area contributed by atoms with Crippen molar-refractivity contribution in [1.82, 2.24) is 0 Å². The first kappa shape index (κ1) is 19.5. The normalized spacial score (nSPS) is 10.9. The Kier molecular flexibility index (Phi) is 6.46. The molecule has 0 aliphatic heterocycles. The van der Waals surface area contributed by atoms with Crippen LogP contribution in [0.3, 0.4) is 0 Å². The van der Waals surface area contributed by atoms with Crippen LogP contribution in [0.1, 0.15) is 11.1 Å². The molecule has 0 radical (unpaired) electrons. The van der Waals surface area contributed by atoms with Gasteiger partial charge in [-0.3, -0.25) is 15.5 Å². The Balaban J connectivity index is 1.63. The fraction of sp³-hybridized carbons (Fsp3) is 0. The van der Waals surface area contributed by atoms with Gasteiger partial charge in [0.1, 0.15) is 5.75 Å². The number of carbonyl (C=O) groups is 1. The number of nitrogens with zero attached hydrogens (tertiary/aromatic N) is 2. The van der Waals surface area contributed by atoms with Gasteiger partial charge in [-0.25, -0.2) is 4.79 Å². The van der Waals surface area contributed by atoms with Crippen LogP contribution in [-0.4, -0.2) is 17.1 Å². The summed E-state index contributed by atoms with van der Waals surface area (Å²) >= 11 is 0. The van der Waals surface area contributed by atoms with Gasteiger partial charge in [0, 0.05) is 23.8 Å². The van der Waals surface area contributed by atoms with Gasteiger partial charge < -0.3 is 4.74 Å². The summed E-state index contributed by atoms with van der Waals surface area (Å²) in [6.45, 7) is 0. The summed E-state index contributed by atoms with van der Waals surface area (Å²) in [6.07, 6.45) is 4.54. The van der Waals surface area contributed by atoms with Crippen LogP contribution in [0.5, 0.6) is 5.75 Å². The predicted octanol–water partition coefficient (Wildman–Crippen LogP) is 4.66. The van der Waals surface area contributed by atoms with Gasteiger partial charge in [-0.15, -0.1) is 0 Å². The minimum absolute atomic E-state index is 0.000319. The maximum atomic E-state index is 12.1. The zero-order valence-corrected chi connectivity index (χ0v) is 15.3. The largest absolute Gasteiger partial charge is 0.423 e. The van der Waals surface area contributed by atoms with E-state index in [1.807, 2.05) is 30.3 Å². The number of hydrazone groups is 1. The van der Waals surface area contributed by atoms with Crippen molar-refractivity contribution in [2.75, 3.05) is 5.43 Å². The number of anilines is 1. The maximum Gasteiger partial charge on any atom is 0.336 e. The minimum Gasteiger partial charge on any atom is -0.423 e. The van der Waals surface area contributed by atoms with Gasteiger partial charge in [-0.2, -0.15) is 5.10 Å². The second kappa shape index (κ2) is 9.61. The SMILES string of the molecule is O=C(/C=C/c1ccccc1)Oc1ccccc1/C=N/Nc1ccc([N+](=O)[O-])cc1. The minimum atomic E-state index is -0.502. The van der Waals surface area contributed by atoms with E-state index in [1.54, 1.807) is 42.5 Å². The molecular weight excluding hydrogens is 370 g/mol. The lowest BCUT2D eigenvalue weighted by Gasteiger charge is -2.05. The molecule has 7 nitrogen and oxygen atoms in total. The van der Waals surface area contributed by atoms with E-state index in [0.29, 0.717) is 17.0 Å². The van der Waals surface area contributed by atoms with E-state index in [1.165, 1.54) is 24.4 Å². The number of non-ortho nitro benzene ring substituents is 1. The number of esters is 1. The average Bonchev–Trinajstić information content (AvgIpc) is 2.74. The molecule has 0 fully saturated rings. The van der Waals surface area contributed by atoms with Crippen LogP contribution in [0.2, 0.25) is 0 Å². The Morgan fingerprint density at radius 1 is 0.966 bits per heavy atom. The summed E-state index contributed by atoms with van der Waals surface area (Å²) in [5.74, 6) is -0.137. The van der Waals surface area contributed by atoms with Gasteiger partial charge in [-0.1, -0.05) is 42.5 Å². The van der Waals surface area contributed by atoms with Gasteiger partial charge in [0.05, 0.1) is 16.8 Å². The highest BCUT2D eigenvalue weighted by molar-refractivity contribution is 5.91. The first-order valence-corrected chi connectivity index (χ1v) is 8.69. The molecule has 1 N–H and O–H groups in total. The van der Waals surface area contributed by atoms with Crippen molar-refractivity contribution in [3.05, 3.63) is 106 Å². The number of ether oxygens (including phenoxy) is 1. The van der Waals surface area contributed by atoms with Crippen molar-refractivity contribution >= 4 is 29.6 Å². The Morgan fingerprint density at radius 2 is 1.66 bits per heavy atom. The van der Waals surface area contributed by atoms with Crippen LogP contribution >= 0.6 is 0 Å². The summed E-state index contributed by atoms with van der Waals surface area (Å²) in [7, 11) is 0. The van der Waals surface area contributed by atoms with E-state index in [-0.39, 0.29) is 5.69 Å². The van der Waals surface area contributed by atoms with Crippen LogP contribution in [-0.2, 0) is 4.79 Å². The molecule has 0 saturated carbocycles. The number of nitrogens with one attached hydrogen (secondary N) is 1. The highest BCUT2D eigenvalue weighted by atomic mass is 16.6. The Labute approximate surface area is 167 Å². The molecule has 0 aliphatic carbocycles. The fourth-order valence-corrected chi connectivity index (χ4v) is 2.38. The molecule has 0 spiro atoms. The number of rotatable bonds is 7. The summed E-state index contributed by atoms with van der Waals surface area (Å²) < 4.78 is 5.39. The third-order valence-corrected chi connectivity index (χ3v) is 3.82. The lowest BCUT2D eigenvalue weighted by molar-refractivity contribution is -0.384. The summed E-state index contributed by atoms with van der Waals surface area (Å²) in [6, 6.07) is 22.3. The summed E-state index contributed by atoms with van der Waals surface area (Å²) in [4.78, 5) is 22.3. The van der Waals surface area contributed by atoms with E-state index >= 15 is 0 Å². The highest BCUT2D eigenvalue weighted by Gasteiger charge is 2.06. The monoisotopic (exact) mass is 387 g/mol. The fourth-order valence-electron chi connectivity index (χ4n) is 2.38. The molecule has 0 heterocycles. The lowest BCUT2D eigenvalue weighted by Crippen LogP contribution is -2.05. The highest BCUT2D eigenvalue weighted by Crippen LogP contribution is 2.18. The molecule has 0 aromatic heterocycles. The lowest BCUT2D eigenvalue weighted by atomic mass is 10.2. The molecule has 0 unspecified atom stereocenters. The number of hydrogen-bond acceptors (Lipinski definition) is 6. The van der Waals surface area contributed by atoms with Crippen LogP contribution in [0.25, 0.3) is 6.08 Å². The van der Waals surface area contributed by atoms with E-state index in [0.717, 1.165) is 5.56 Å². The third-order valence-electron chi connectivity index (χ3n) is 3.82. The quantitative estimate of drug-likeness (QED) is 0.159. The molecule has 7 heteroatoms. The van der Waals surface area contributed by atoms with Crippen molar-refractivity contribution in [3.63, 3.8) is 0 Å². The van der Waals surface area contributed by atoms with Crippen LogP contribution < -0.4 is 10.2 Å². The summed E-state index contributed by atoms with van der Waals surface area (Å²) in [5, 5.41) is 14.8. The van der Waals surface area contributed by atoms with E-state index in [4.69, 9.17) is 4.74 Å². The Bertz CT molecular complexity index is 1050. The standard InChI is InChI=1S/C22H17N3O4/c26-22(15-10-17-6-2-1-3-7-17)29-21-9-5-4-8-18(21)16-23-24-19-11-13-20(14-12-19)25(27)28/h1-16,24H/b15-10+,23-16+. The first-order valence-electron chi connectivity index (χ1n) is 8.69. The smallest absolute Gasteiger partial charge is 0.336 e. The number of nitro benzene ring substituents is 1. The van der Waals surface area contributed by atoms with Gasteiger partial charge in [0.15, 0.2) is 0 Å². The van der Waals surface area contributed by atoms with Crippen molar-refractivity contribution in [2.45, 2.75) is 0 Å². The van der Waals surface area contributed by atoms with Gasteiger partial charge in [-0.05, 0) is 35.9 Å². The summed E-state index contributed by atoms with van der Waals surface area (Å²) in [5.41, 5.74) is 4.86. The molecule has 0 aliphatic rings. The third kappa shape index (κ3) is 5.86. The zero-order valence-electron chi connectivity index (χ0n) is 15.3. The van der Waals surface area contributed by atoms with Crippen molar-refractivity contribution in [2.24, 2.45) is 5.10 Å². The number of hydrogen-bond donors (Lipinski definition) is 1. The molecule has 0 saturated heterocycles. The van der Waals surface area contributed by atoms with Gasteiger partial charge >= 0.3 is 5.97 Å². The molecule has 3 aromatic rings. The van der Waals surface area contributed by atoms with Crippen LogP contribution in [0.4, 0.5) is 11.4 Å². The topological polar surface area (TPSA) is 93.8 Å². The van der Waals surface area contributed by atoms with Crippen molar-refractivity contribution < 1.29 is 14.5 Å². The van der Waals surface area contributed by atoms with Gasteiger partial charge in [0.25, 0.3) is 5.69 Å². The molecule has 0 amide bonds. The second-order valence-electron chi connectivity index (χ2n) is 5.88. The number of carbonyl (C=O) groups excluding carboxylic acids is 1. The molecule has 29 heavy (non-hydrogen) atoms. The second-order valence-corrected chi connectivity index (χ2v) is 5.88. The zero-order chi connectivity index (χ0) is 20.5. The molecular formula is C22H17N3O4. The van der Waals surface area contributed by atoms with Crippen LogP contribution in [0, 0.1) is 10.1 Å². The van der Waals surface area contributed by atoms with Crippen molar-refractivity contribution in [3.8, 4) is 5.75 Å². The molecule has 0 bridgehead atoms. The van der Waals surface area contributed by atoms with E-state index < -0.39 is 10.9 Å². The predicted molar refractivity (Wildman–Crippen MR) is 112 cm³/mol. The van der Waals surface area contributed by atoms with E-state index in [2.05, 4.69) is 10.5 Å². The van der Waals surface area contributed by atoms with E-state index in [9.17, 15) is 14.9 Å². The Morgan fingerprint density at radius 3 is 2.38 bits per heavy atom. The number of benzene rings is 3. The number of para-hydroxylation sites is 1. The van der Waals surface area contributed by atoms with Crippen molar-refractivity contribution in [1.29, 1.82) is 0 Å². The number of nitro groups is 1. The molecule has 144 valence electrons. The first-order chi connectivity index (χ1) is 14.1. The Hall–Kier alpha value is -4.26. The molecule has 3 aromatic carbocycles. The van der Waals surface area contributed by atoms with Gasteiger partial charge in [0.2, 0.25) is 0 Å².